The van der Waals surface area contributed by atoms with E-state index in [9.17, 15) is 27.2 Å². The Morgan fingerprint density at radius 1 is 1.32 bits per heavy atom. The summed E-state index contributed by atoms with van der Waals surface area (Å²) < 4.78 is 54.0. The number of rotatable bonds is 2. The van der Waals surface area contributed by atoms with Crippen LogP contribution in [0.5, 0.6) is 0 Å². The minimum atomic E-state index is -5.08. The van der Waals surface area contributed by atoms with Crippen LogP contribution in [0.1, 0.15) is 10.4 Å². The van der Waals surface area contributed by atoms with Crippen LogP contribution in [-0.2, 0) is 9.53 Å². The zero-order valence-corrected chi connectivity index (χ0v) is 11.4. The number of hydrogen-bond acceptors (Lipinski definition) is 3. The minimum absolute atomic E-state index is 0.0667. The molecule has 0 aromatic heterocycles. The molecule has 0 aliphatic rings. The summed E-state index contributed by atoms with van der Waals surface area (Å²) in [6.45, 7) is 0. The lowest BCUT2D eigenvalue weighted by atomic mass is 10.2. The lowest BCUT2D eigenvalue weighted by molar-refractivity contribution is -0.167. The van der Waals surface area contributed by atoms with Gasteiger partial charge in [-0.05, 0) is 34.7 Å². The third-order valence-corrected chi connectivity index (χ3v) is 2.86. The molecule has 1 rings (SSSR count). The number of ether oxygens (including phenoxy) is 1. The Balaban J connectivity index is 3.10. The molecule has 0 saturated carbocycles. The van der Waals surface area contributed by atoms with Crippen molar-refractivity contribution in [3.05, 3.63) is 27.1 Å². The van der Waals surface area contributed by atoms with E-state index < -0.39 is 29.4 Å². The number of hydrogen-bond donors (Lipinski definition) is 1. The Kier molecular flexibility index (Phi) is 4.71. The monoisotopic (exact) mass is 391 g/mol. The van der Waals surface area contributed by atoms with Gasteiger partial charge in [-0.15, -0.1) is 0 Å². The van der Waals surface area contributed by atoms with Gasteiger partial charge in [0.15, 0.2) is 0 Å². The lowest BCUT2D eigenvalue weighted by Crippen LogP contribution is -2.30. The summed E-state index contributed by atoms with van der Waals surface area (Å²) in [7, 11) is 1.04. The third-order valence-electron chi connectivity index (χ3n) is 1.97. The van der Waals surface area contributed by atoms with Crippen molar-refractivity contribution in [3.63, 3.8) is 0 Å². The van der Waals surface area contributed by atoms with Gasteiger partial charge >= 0.3 is 18.1 Å². The molecule has 1 N–H and O–H groups in total. The highest BCUT2D eigenvalue weighted by Gasteiger charge is 2.39. The molecule has 1 aromatic rings. The average Bonchev–Trinajstić information content (AvgIpc) is 2.31. The van der Waals surface area contributed by atoms with Crippen LogP contribution in [-0.4, -0.2) is 25.2 Å². The van der Waals surface area contributed by atoms with Crippen LogP contribution in [0, 0.1) is 9.39 Å². The molecule has 0 bridgehead atoms. The molecule has 0 radical (unpaired) electrons. The van der Waals surface area contributed by atoms with E-state index in [1.165, 1.54) is 5.32 Å². The molecule has 0 spiro atoms. The van der Waals surface area contributed by atoms with E-state index in [2.05, 4.69) is 4.74 Å². The Bertz CT molecular complexity index is 530. The van der Waals surface area contributed by atoms with Crippen LogP contribution in [0.2, 0.25) is 0 Å². The molecule has 104 valence electrons. The normalized spacial score (nSPS) is 11.1. The van der Waals surface area contributed by atoms with E-state index in [1.807, 2.05) is 0 Å². The van der Waals surface area contributed by atoms with Crippen LogP contribution < -0.4 is 5.32 Å². The summed E-state index contributed by atoms with van der Waals surface area (Å²) in [5.41, 5.74) is -0.815. The summed E-state index contributed by atoms with van der Waals surface area (Å²) >= 11 is 1.56. The van der Waals surface area contributed by atoms with Gasteiger partial charge in [-0.1, -0.05) is 0 Å². The van der Waals surface area contributed by atoms with Crippen molar-refractivity contribution >= 4 is 40.2 Å². The molecule has 0 atom stereocenters. The molecule has 0 aliphatic carbocycles. The molecule has 0 aliphatic heterocycles. The highest BCUT2D eigenvalue weighted by molar-refractivity contribution is 14.1. The molecule has 19 heavy (non-hydrogen) atoms. The Morgan fingerprint density at radius 3 is 2.37 bits per heavy atom. The number of anilines is 1. The van der Waals surface area contributed by atoms with Crippen molar-refractivity contribution in [1.82, 2.24) is 0 Å². The first-order valence-corrected chi connectivity index (χ1v) is 5.70. The first-order chi connectivity index (χ1) is 8.66. The highest BCUT2D eigenvalue weighted by Crippen LogP contribution is 2.25. The molecule has 9 heteroatoms. The molecule has 1 amide bonds. The second-order valence-electron chi connectivity index (χ2n) is 3.26. The SMILES string of the molecule is COC(=O)c1cc(I)c(NC(=O)C(F)(F)F)cc1F. The Morgan fingerprint density at radius 2 is 1.89 bits per heavy atom. The summed E-state index contributed by atoms with van der Waals surface area (Å²) in [6, 6.07) is 1.60. The second kappa shape index (κ2) is 5.72. The first kappa shape index (κ1) is 15.7. The van der Waals surface area contributed by atoms with Gasteiger partial charge in [0.2, 0.25) is 0 Å². The predicted molar refractivity (Wildman–Crippen MR) is 65.1 cm³/mol. The maximum Gasteiger partial charge on any atom is 0.471 e. The summed E-state index contributed by atoms with van der Waals surface area (Å²) in [6.07, 6.45) is -5.08. The molecule has 0 unspecified atom stereocenters. The van der Waals surface area contributed by atoms with Gasteiger partial charge in [-0.3, -0.25) is 4.79 Å². The van der Waals surface area contributed by atoms with Crippen molar-refractivity contribution in [2.75, 3.05) is 12.4 Å². The topological polar surface area (TPSA) is 55.4 Å². The molecule has 4 nitrogen and oxygen atoms in total. The summed E-state index contributed by atoms with van der Waals surface area (Å²) in [5.74, 6) is -4.29. The van der Waals surface area contributed by atoms with Crippen molar-refractivity contribution in [2.45, 2.75) is 6.18 Å². The number of alkyl halides is 3. The van der Waals surface area contributed by atoms with Crippen LogP contribution in [0.3, 0.4) is 0 Å². The van der Waals surface area contributed by atoms with E-state index >= 15 is 0 Å². The molecule has 0 fully saturated rings. The number of carbonyl (C=O) groups is 2. The molecule has 0 heterocycles. The van der Waals surface area contributed by atoms with Crippen LogP contribution >= 0.6 is 22.6 Å². The number of esters is 1. The number of carbonyl (C=O) groups excluding carboxylic acids is 2. The van der Waals surface area contributed by atoms with Gasteiger partial charge < -0.3 is 10.1 Å². The molecular formula is C10H6F4INO3. The fourth-order valence-electron chi connectivity index (χ4n) is 1.10. The quantitative estimate of drug-likeness (QED) is 0.480. The Hall–Kier alpha value is -1.39. The van der Waals surface area contributed by atoms with Gasteiger partial charge in [0.25, 0.3) is 0 Å². The van der Waals surface area contributed by atoms with Gasteiger partial charge in [-0.25, -0.2) is 9.18 Å². The number of nitrogens with one attached hydrogen (secondary N) is 1. The third kappa shape index (κ3) is 3.78. The summed E-state index contributed by atoms with van der Waals surface area (Å²) in [4.78, 5) is 21.9. The first-order valence-electron chi connectivity index (χ1n) is 4.62. The number of amides is 1. The standard InChI is InChI=1S/C10H6F4INO3/c1-19-8(17)4-2-6(15)7(3-5(4)11)16-9(18)10(12,13)14/h2-3H,1H3,(H,16,18). The highest BCUT2D eigenvalue weighted by atomic mass is 127. The maximum atomic E-state index is 13.5. The zero-order valence-electron chi connectivity index (χ0n) is 9.27. The van der Waals surface area contributed by atoms with E-state index in [1.54, 1.807) is 22.6 Å². The van der Waals surface area contributed by atoms with Crippen LogP contribution in [0.15, 0.2) is 12.1 Å². The molecule has 1 aromatic carbocycles. The average molecular weight is 391 g/mol. The van der Waals surface area contributed by atoms with Crippen molar-refractivity contribution in [3.8, 4) is 0 Å². The van der Waals surface area contributed by atoms with Gasteiger partial charge in [0.05, 0.1) is 18.4 Å². The number of benzene rings is 1. The number of halogens is 5. The van der Waals surface area contributed by atoms with Gasteiger partial charge in [0, 0.05) is 3.57 Å². The molecular weight excluding hydrogens is 385 g/mol. The van der Waals surface area contributed by atoms with E-state index in [-0.39, 0.29) is 9.26 Å². The van der Waals surface area contributed by atoms with Crippen molar-refractivity contribution in [2.24, 2.45) is 0 Å². The summed E-state index contributed by atoms with van der Waals surface area (Å²) in [5, 5.41) is 1.51. The van der Waals surface area contributed by atoms with Crippen molar-refractivity contribution in [1.29, 1.82) is 0 Å². The van der Waals surface area contributed by atoms with E-state index in [0.717, 1.165) is 13.2 Å². The fraction of sp³-hybridized carbons (Fsp3) is 0.200. The van der Waals surface area contributed by atoms with Crippen LogP contribution in [0.4, 0.5) is 23.2 Å². The van der Waals surface area contributed by atoms with E-state index in [4.69, 9.17) is 0 Å². The Labute approximate surface area is 118 Å². The van der Waals surface area contributed by atoms with Crippen LogP contribution in [0.25, 0.3) is 0 Å². The largest absolute Gasteiger partial charge is 0.471 e. The fourth-order valence-corrected chi connectivity index (χ4v) is 1.70. The maximum absolute atomic E-state index is 13.5. The smallest absolute Gasteiger partial charge is 0.465 e. The molecule has 0 saturated heterocycles. The minimum Gasteiger partial charge on any atom is -0.465 e. The van der Waals surface area contributed by atoms with E-state index in [0.29, 0.717) is 6.07 Å². The van der Waals surface area contributed by atoms with Gasteiger partial charge in [-0.2, -0.15) is 13.2 Å². The predicted octanol–water partition coefficient (Wildman–Crippen LogP) is 2.72. The second-order valence-corrected chi connectivity index (χ2v) is 4.42. The lowest BCUT2D eigenvalue weighted by Gasteiger charge is -2.11. The van der Waals surface area contributed by atoms with Crippen molar-refractivity contribution < 1.29 is 31.9 Å². The number of methoxy groups -OCH3 is 1. The zero-order chi connectivity index (χ0) is 14.8. The van der Waals surface area contributed by atoms with Gasteiger partial charge in [0.1, 0.15) is 5.82 Å².